The van der Waals surface area contributed by atoms with Crippen LogP contribution in [-0.2, 0) is 0 Å². The van der Waals surface area contributed by atoms with Crippen molar-refractivity contribution < 1.29 is 9.18 Å². The Balaban J connectivity index is 2.21. The molecular weight excluding hydrogens is 341 g/mol. The van der Waals surface area contributed by atoms with Crippen LogP contribution < -0.4 is 11.1 Å². The molecule has 0 aliphatic heterocycles. The van der Waals surface area contributed by atoms with Gasteiger partial charge in [-0.05, 0) is 18.6 Å². The van der Waals surface area contributed by atoms with Gasteiger partial charge in [0.2, 0.25) is 0 Å². The van der Waals surface area contributed by atoms with Gasteiger partial charge in [0.15, 0.2) is 5.69 Å². The van der Waals surface area contributed by atoms with Crippen LogP contribution in [0.2, 0.25) is 0 Å². The highest BCUT2D eigenvalue weighted by atomic mass is 32.1. The van der Waals surface area contributed by atoms with Gasteiger partial charge in [-0.2, -0.15) is 5.26 Å². The highest BCUT2D eigenvalue weighted by Crippen LogP contribution is 2.36. The number of hydrogen-bond donors (Lipinski definition) is 2. The summed E-state index contributed by atoms with van der Waals surface area (Å²) >= 11 is 1.13. The topological polar surface area (TPSA) is 105 Å². The Morgan fingerprint density at radius 3 is 2.92 bits per heavy atom. The number of nitriles is 1. The van der Waals surface area contributed by atoms with E-state index >= 15 is 0 Å². The first-order valence-electron chi connectivity index (χ1n) is 7.57. The molecule has 2 aromatic heterocycles. The minimum absolute atomic E-state index is 0.0947. The van der Waals surface area contributed by atoms with Gasteiger partial charge in [-0.1, -0.05) is 6.92 Å². The number of nitrogen functional groups attached to an aromatic ring is 1. The molecule has 3 N–H and O–H groups in total. The fourth-order valence-electron chi connectivity index (χ4n) is 2.54. The number of rotatable bonds is 4. The van der Waals surface area contributed by atoms with E-state index in [1.165, 1.54) is 23.8 Å². The highest BCUT2D eigenvalue weighted by Gasteiger charge is 2.20. The fraction of sp³-hybridized carbons (Fsp3) is 0.176. The Kier molecular flexibility index (Phi) is 4.59. The van der Waals surface area contributed by atoms with Gasteiger partial charge in [-0.25, -0.2) is 14.4 Å². The number of aromatic nitrogens is 2. The van der Waals surface area contributed by atoms with Crippen molar-refractivity contribution >= 4 is 33.7 Å². The van der Waals surface area contributed by atoms with Gasteiger partial charge in [-0.3, -0.25) is 4.79 Å². The van der Waals surface area contributed by atoms with E-state index in [9.17, 15) is 14.4 Å². The minimum atomic E-state index is -0.528. The SMILES string of the molecule is CCCNC(=O)c1ncc2c(-c3ncsc3C#N)c(F)ccc2c1N. The van der Waals surface area contributed by atoms with Crippen molar-refractivity contribution in [3.05, 3.63) is 40.2 Å². The standard InChI is InChI=1S/C17H14FN5OS/c1-2-5-21-17(24)16-14(20)9-3-4-11(18)13(10(9)7-22-16)15-12(6-19)25-8-23-15/h3-4,7-8H,2,5,20H2,1H3,(H,21,24). The third kappa shape index (κ3) is 2.90. The second-order valence-corrected chi connectivity index (χ2v) is 6.16. The molecule has 1 amide bonds. The summed E-state index contributed by atoms with van der Waals surface area (Å²) in [5.74, 6) is -0.905. The predicted molar refractivity (Wildman–Crippen MR) is 94.6 cm³/mol. The monoisotopic (exact) mass is 355 g/mol. The lowest BCUT2D eigenvalue weighted by Gasteiger charge is -2.11. The number of benzene rings is 1. The average Bonchev–Trinajstić information content (AvgIpc) is 3.08. The van der Waals surface area contributed by atoms with Crippen molar-refractivity contribution in [1.29, 1.82) is 5.26 Å². The summed E-state index contributed by atoms with van der Waals surface area (Å²) in [6, 6.07) is 4.76. The Morgan fingerprint density at radius 1 is 1.40 bits per heavy atom. The third-order valence-electron chi connectivity index (χ3n) is 3.72. The molecule has 0 radical (unpaired) electrons. The van der Waals surface area contributed by atoms with Crippen LogP contribution in [-0.4, -0.2) is 22.4 Å². The number of pyridine rings is 1. The number of amides is 1. The van der Waals surface area contributed by atoms with E-state index in [4.69, 9.17) is 5.73 Å². The van der Waals surface area contributed by atoms with Crippen molar-refractivity contribution in [2.75, 3.05) is 12.3 Å². The highest BCUT2D eigenvalue weighted by molar-refractivity contribution is 7.10. The van der Waals surface area contributed by atoms with Gasteiger partial charge >= 0.3 is 0 Å². The molecule has 0 saturated heterocycles. The molecule has 1 aromatic carbocycles. The van der Waals surface area contributed by atoms with Gasteiger partial charge in [0.05, 0.1) is 11.2 Å². The number of nitrogens with two attached hydrogens (primary N) is 1. The molecule has 8 heteroatoms. The van der Waals surface area contributed by atoms with Gasteiger partial charge in [0, 0.05) is 29.1 Å². The fourth-order valence-corrected chi connectivity index (χ4v) is 3.12. The molecule has 0 fully saturated rings. The smallest absolute Gasteiger partial charge is 0.272 e. The Hall–Kier alpha value is -3.05. The normalized spacial score (nSPS) is 10.6. The van der Waals surface area contributed by atoms with E-state index in [1.54, 1.807) is 0 Å². The molecule has 126 valence electrons. The van der Waals surface area contributed by atoms with Crippen LogP contribution in [0.15, 0.2) is 23.8 Å². The molecule has 3 rings (SSSR count). The molecule has 0 atom stereocenters. The summed E-state index contributed by atoms with van der Waals surface area (Å²) in [6.45, 7) is 2.45. The number of thiazole rings is 1. The van der Waals surface area contributed by atoms with E-state index in [0.717, 1.165) is 17.8 Å². The number of carbonyl (C=O) groups is 1. The molecule has 0 aliphatic carbocycles. The molecule has 3 aromatic rings. The van der Waals surface area contributed by atoms with Gasteiger partial charge in [-0.15, -0.1) is 11.3 Å². The molecule has 2 heterocycles. The first-order chi connectivity index (χ1) is 12.1. The van der Waals surface area contributed by atoms with Crippen LogP contribution in [0.4, 0.5) is 10.1 Å². The average molecular weight is 355 g/mol. The number of nitrogens with zero attached hydrogens (tertiary/aromatic N) is 3. The predicted octanol–water partition coefficient (Wildman–Crippen LogP) is 3.09. The van der Waals surface area contributed by atoms with Gasteiger partial charge in [0.25, 0.3) is 5.91 Å². The van der Waals surface area contributed by atoms with E-state index in [-0.39, 0.29) is 28.5 Å². The zero-order chi connectivity index (χ0) is 18.0. The van der Waals surface area contributed by atoms with E-state index < -0.39 is 5.82 Å². The molecule has 25 heavy (non-hydrogen) atoms. The van der Waals surface area contributed by atoms with Crippen molar-refractivity contribution in [2.45, 2.75) is 13.3 Å². The van der Waals surface area contributed by atoms with Crippen LogP contribution >= 0.6 is 11.3 Å². The molecule has 0 aliphatic rings. The maximum Gasteiger partial charge on any atom is 0.272 e. The minimum Gasteiger partial charge on any atom is -0.396 e. The summed E-state index contributed by atoms with van der Waals surface area (Å²) in [5, 5.41) is 12.8. The second kappa shape index (κ2) is 6.83. The summed E-state index contributed by atoms with van der Waals surface area (Å²) < 4.78 is 14.5. The molecule has 0 bridgehead atoms. The molecule has 6 nitrogen and oxygen atoms in total. The lowest BCUT2D eigenvalue weighted by atomic mass is 10.0. The number of carbonyl (C=O) groups excluding carboxylic acids is 1. The number of hydrogen-bond acceptors (Lipinski definition) is 6. The molecule has 0 saturated carbocycles. The van der Waals surface area contributed by atoms with Crippen LogP contribution in [0.5, 0.6) is 0 Å². The lowest BCUT2D eigenvalue weighted by Crippen LogP contribution is -2.26. The maximum atomic E-state index is 14.5. The van der Waals surface area contributed by atoms with Crippen molar-refractivity contribution in [3.8, 4) is 17.3 Å². The van der Waals surface area contributed by atoms with E-state index in [0.29, 0.717) is 22.2 Å². The van der Waals surface area contributed by atoms with Crippen molar-refractivity contribution in [2.24, 2.45) is 0 Å². The van der Waals surface area contributed by atoms with Crippen LogP contribution in [0.25, 0.3) is 22.0 Å². The summed E-state index contributed by atoms with van der Waals surface area (Å²) in [4.78, 5) is 20.7. The third-order valence-corrected chi connectivity index (χ3v) is 4.45. The quantitative estimate of drug-likeness (QED) is 0.748. The van der Waals surface area contributed by atoms with E-state index in [1.807, 2.05) is 13.0 Å². The maximum absolute atomic E-state index is 14.5. The largest absolute Gasteiger partial charge is 0.396 e. The van der Waals surface area contributed by atoms with Crippen LogP contribution in [0.3, 0.4) is 0 Å². The number of nitrogens with one attached hydrogen (secondary N) is 1. The molecular formula is C17H14FN5OS. The molecule has 0 unspecified atom stereocenters. The first kappa shape index (κ1) is 16.8. The van der Waals surface area contributed by atoms with Crippen molar-refractivity contribution in [1.82, 2.24) is 15.3 Å². The zero-order valence-electron chi connectivity index (χ0n) is 13.3. The number of anilines is 1. The Morgan fingerprint density at radius 2 is 2.20 bits per heavy atom. The Bertz CT molecular complexity index is 1010. The van der Waals surface area contributed by atoms with E-state index in [2.05, 4.69) is 15.3 Å². The summed E-state index contributed by atoms with van der Waals surface area (Å²) in [7, 11) is 0. The first-order valence-corrected chi connectivity index (χ1v) is 8.45. The second-order valence-electron chi connectivity index (χ2n) is 5.30. The number of fused-ring (bicyclic) bond motifs is 1. The van der Waals surface area contributed by atoms with Crippen LogP contribution in [0.1, 0.15) is 28.7 Å². The lowest BCUT2D eigenvalue weighted by molar-refractivity contribution is 0.0950. The van der Waals surface area contributed by atoms with Crippen molar-refractivity contribution in [3.63, 3.8) is 0 Å². The molecule has 0 spiro atoms. The summed E-state index contributed by atoms with van der Waals surface area (Å²) in [6.07, 6.45) is 2.18. The zero-order valence-corrected chi connectivity index (χ0v) is 14.2. The van der Waals surface area contributed by atoms with Crippen LogP contribution in [0, 0.1) is 17.1 Å². The van der Waals surface area contributed by atoms with Gasteiger partial charge in [0.1, 0.15) is 22.5 Å². The Labute approximate surface area is 147 Å². The number of halogens is 1. The van der Waals surface area contributed by atoms with Gasteiger partial charge < -0.3 is 11.1 Å². The summed E-state index contributed by atoms with van der Waals surface area (Å²) in [5.41, 5.74) is 8.26.